The van der Waals surface area contributed by atoms with Crippen molar-refractivity contribution in [3.05, 3.63) is 65.7 Å². The van der Waals surface area contributed by atoms with E-state index < -0.39 is 0 Å². The minimum atomic E-state index is 0. The number of hydrogen-bond donors (Lipinski definition) is 1. The van der Waals surface area contributed by atoms with Crippen LogP contribution in [-0.4, -0.2) is 43.5 Å². The SMILES string of the molecule is CC(=O)c1ccccc1OCCN(CCN)CCc1ccccc1.Cl. The van der Waals surface area contributed by atoms with E-state index in [0.717, 1.165) is 26.1 Å². The van der Waals surface area contributed by atoms with E-state index in [9.17, 15) is 4.79 Å². The van der Waals surface area contributed by atoms with Crippen molar-refractivity contribution < 1.29 is 9.53 Å². The summed E-state index contributed by atoms with van der Waals surface area (Å²) in [7, 11) is 0. The van der Waals surface area contributed by atoms with Crippen LogP contribution in [0.3, 0.4) is 0 Å². The third-order valence-corrected chi connectivity index (χ3v) is 3.94. The molecule has 0 unspecified atom stereocenters. The van der Waals surface area contributed by atoms with Crippen LogP contribution in [0.15, 0.2) is 54.6 Å². The van der Waals surface area contributed by atoms with Crippen molar-refractivity contribution in [1.82, 2.24) is 4.90 Å². The van der Waals surface area contributed by atoms with Crippen LogP contribution in [0.25, 0.3) is 0 Å². The summed E-state index contributed by atoms with van der Waals surface area (Å²) in [6, 6.07) is 17.8. The second-order valence-electron chi connectivity index (χ2n) is 5.77. The zero-order valence-electron chi connectivity index (χ0n) is 14.7. The van der Waals surface area contributed by atoms with Gasteiger partial charge >= 0.3 is 0 Å². The van der Waals surface area contributed by atoms with Crippen LogP contribution in [-0.2, 0) is 6.42 Å². The second kappa shape index (κ2) is 11.6. The Kier molecular flexibility index (Phi) is 9.85. The van der Waals surface area contributed by atoms with Gasteiger partial charge in [-0.25, -0.2) is 0 Å². The number of benzene rings is 2. The fourth-order valence-electron chi connectivity index (χ4n) is 2.62. The minimum Gasteiger partial charge on any atom is -0.491 e. The van der Waals surface area contributed by atoms with E-state index in [2.05, 4.69) is 29.2 Å². The Morgan fingerprint density at radius 3 is 2.36 bits per heavy atom. The van der Waals surface area contributed by atoms with Crippen molar-refractivity contribution in [3.8, 4) is 5.75 Å². The lowest BCUT2D eigenvalue weighted by Crippen LogP contribution is -2.34. The Morgan fingerprint density at radius 2 is 1.68 bits per heavy atom. The summed E-state index contributed by atoms with van der Waals surface area (Å²) in [6.07, 6.45) is 0.991. The zero-order chi connectivity index (χ0) is 17.2. The first-order valence-corrected chi connectivity index (χ1v) is 8.40. The van der Waals surface area contributed by atoms with Gasteiger partial charge in [-0.3, -0.25) is 9.69 Å². The number of carbonyl (C=O) groups excluding carboxylic acids is 1. The Morgan fingerprint density at radius 1 is 1.00 bits per heavy atom. The number of halogens is 1. The predicted molar refractivity (Wildman–Crippen MR) is 105 cm³/mol. The number of hydrogen-bond acceptors (Lipinski definition) is 4. The van der Waals surface area contributed by atoms with Crippen LogP contribution in [0.5, 0.6) is 5.75 Å². The molecule has 4 nitrogen and oxygen atoms in total. The summed E-state index contributed by atoms with van der Waals surface area (Å²) in [5, 5.41) is 0. The van der Waals surface area contributed by atoms with E-state index in [0.29, 0.717) is 24.5 Å². The van der Waals surface area contributed by atoms with Crippen molar-refractivity contribution in [2.45, 2.75) is 13.3 Å². The summed E-state index contributed by atoms with van der Waals surface area (Å²) in [5.74, 6) is 0.675. The van der Waals surface area contributed by atoms with Gasteiger partial charge in [0.15, 0.2) is 5.78 Å². The Bertz CT molecular complexity index is 635. The lowest BCUT2D eigenvalue weighted by molar-refractivity contribution is 0.101. The number of rotatable bonds is 10. The van der Waals surface area contributed by atoms with E-state index >= 15 is 0 Å². The highest BCUT2D eigenvalue weighted by molar-refractivity contribution is 5.96. The Hall–Kier alpha value is -1.88. The highest BCUT2D eigenvalue weighted by Crippen LogP contribution is 2.18. The number of ketones is 1. The molecule has 0 fully saturated rings. The molecule has 2 rings (SSSR count). The molecule has 25 heavy (non-hydrogen) atoms. The van der Waals surface area contributed by atoms with Crippen LogP contribution >= 0.6 is 12.4 Å². The maximum atomic E-state index is 11.6. The van der Waals surface area contributed by atoms with Gasteiger partial charge in [0.25, 0.3) is 0 Å². The normalized spacial score (nSPS) is 10.4. The first kappa shape index (κ1) is 21.2. The molecule has 2 aromatic carbocycles. The number of Topliss-reactive ketones (excluding diaryl/α,β-unsaturated/α-hetero) is 1. The van der Waals surface area contributed by atoms with Gasteiger partial charge < -0.3 is 10.5 Å². The van der Waals surface area contributed by atoms with Gasteiger partial charge in [0, 0.05) is 26.2 Å². The molecular formula is C20H27ClN2O2. The molecule has 0 aliphatic heterocycles. The minimum absolute atomic E-state index is 0. The highest BCUT2D eigenvalue weighted by Gasteiger charge is 2.09. The first-order valence-electron chi connectivity index (χ1n) is 8.40. The molecule has 0 spiro atoms. The number of nitrogens with zero attached hydrogens (tertiary/aromatic N) is 1. The highest BCUT2D eigenvalue weighted by atomic mass is 35.5. The van der Waals surface area contributed by atoms with Crippen molar-refractivity contribution in [2.75, 3.05) is 32.8 Å². The van der Waals surface area contributed by atoms with E-state index in [1.807, 2.05) is 24.3 Å². The van der Waals surface area contributed by atoms with Gasteiger partial charge in [0.1, 0.15) is 12.4 Å². The second-order valence-corrected chi connectivity index (χ2v) is 5.77. The van der Waals surface area contributed by atoms with Crippen LogP contribution in [0.1, 0.15) is 22.8 Å². The molecule has 0 aromatic heterocycles. The van der Waals surface area contributed by atoms with E-state index in [4.69, 9.17) is 10.5 Å². The summed E-state index contributed by atoms with van der Waals surface area (Å²) < 4.78 is 5.82. The molecule has 0 bridgehead atoms. The van der Waals surface area contributed by atoms with Gasteiger partial charge in [-0.2, -0.15) is 0 Å². The summed E-state index contributed by atoms with van der Waals surface area (Å²) in [5.41, 5.74) is 7.67. The molecule has 5 heteroatoms. The lowest BCUT2D eigenvalue weighted by atomic mass is 10.1. The first-order chi connectivity index (χ1) is 11.7. The maximum Gasteiger partial charge on any atom is 0.163 e. The molecular weight excluding hydrogens is 336 g/mol. The molecule has 136 valence electrons. The van der Waals surface area contributed by atoms with Crippen LogP contribution in [0, 0.1) is 0 Å². The standard InChI is InChI=1S/C20H26N2O2.ClH/c1-17(23)19-9-5-6-10-20(19)24-16-15-22(14-12-21)13-11-18-7-3-2-4-8-18;/h2-10H,11-16,21H2,1H3;1H. The topological polar surface area (TPSA) is 55.6 Å². The van der Waals surface area contributed by atoms with Gasteiger partial charge in [0.05, 0.1) is 5.56 Å². The summed E-state index contributed by atoms with van der Waals surface area (Å²) in [4.78, 5) is 13.9. The monoisotopic (exact) mass is 362 g/mol. The maximum absolute atomic E-state index is 11.6. The zero-order valence-corrected chi connectivity index (χ0v) is 15.5. The fourth-order valence-corrected chi connectivity index (χ4v) is 2.62. The largest absolute Gasteiger partial charge is 0.491 e. The number of nitrogens with two attached hydrogens (primary N) is 1. The van der Waals surface area contributed by atoms with Gasteiger partial charge in [-0.1, -0.05) is 42.5 Å². The van der Waals surface area contributed by atoms with Crippen molar-refractivity contribution >= 4 is 18.2 Å². The molecule has 0 saturated carbocycles. The fraction of sp³-hybridized carbons (Fsp3) is 0.350. The van der Waals surface area contributed by atoms with Gasteiger partial charge in [-0.05, 0) is 31.0 Å². The molecule has 0 amide bonds. The van der Waals surface area contributed by atoms with Gasteiger partial charge in [0.2, 0.25) is 0 Å². The molecule has 0 heterocycles. The molecule has 2 aromatic rings. The van der Waals surface area contributed by atoms with Crippen LogP contribution in [0.4, 0.5) is 0 Å². The Balaban J connectivity index is 0.00000312. The molecule has 0 aliphatic rings. The van der Waals surface area contributed by atoms with Crippen molar-refractivity contribution in [3.63, 3.8) is 0 Å². The molecule has 0 aliphatic carbocycles. The van der Waals surface area contributed by atoms with E-state index in [1.165, 1.54) is 5.56 Å². The Labute approximate surface area is 156 Å². The summed E-state index contributed by atoms with van der Waals surface area (Å²) in [6.45, 7) is 5.29. The van der Waals surface area contributed by atoms with Crippen LogP contribution in [0.2, 0.25) is 0 Å². The predicted octanol–water partition coefficient (Wildman–Crippen LogP) is 3.19. The summed E-state index contributed by atoms with van der Waals surface area (Å²) >= 11 is 0. The number of carbonyl (C=O) groups is 1. The third-order valence-electron chi connectivity index (χ3n) is 3.94. The van der Waals surface area contributed by atoms with Crippen LogP contribution < -0.4 is 10.5 Å². The third kappa shape index (κ3) is 7.26. The average Bonchev–Trinajstić information content (AvgIpc) is 2.61. The van der Waals surface area contributed by atoms with Gasteiger partial charge in [-0.15, -0.1) is 12.4 Å². The average molecular weight is 363 g/mol. The quantitative estimate of drug-likeness (QED) is 0.659. The smallest absolute Gasteiger partial charge is 0.163 e. The molecule has 2 N–H and O–H groups in total. The molecule has 0 atom stereocenters. The molecule has 0 radical (unpaired) electrons. The number of ether oxygens (including phenoxy) is 1. The number of para-hydroxylation sites is 1. The van der Waals surface area contributed by atoms with Crippen molar-refractivity contribution in [2.24, 2.45) is 5.73 Å². The van der Waals surface area contributed by atoms with E-state index in [1.54, 1.807) is 13.0 Å². The van der Waals surface area contributed by atoms with E-state index in [-0.39, 0.29) is 18.2 Å². The molecule has 0 saturated heterocycles. The van der Waals surface area contributed by atoms with Crippen molar-refractivity contribution in [1.29, 1.82) is 0 Å². The lowest BCUT2D eigenvalue weighted by Gasteiger charge is -2.22.